The third-order valence-corrected chi connectivity index (χ3v) is 6.73. The maximum atomic E-state index is 12.6. The number of hydrogen-bond donors (Lipinski definition) is 1. The van der Waals surface area contributed by atoms with Crippen LogP contribution in [0.3, 0.4) is 0 Å². The molecular weight excluding hydrogens is 392 g/mol. The van der Waals surface area contributed by atoms with E-state index in [1.54, 1.807) is 28.9 Å². The molecular formula is C20H24N4O4S. The van der Waals surface area contributed by atoms with Gasteiger partial charge in [0.1, 0.15) is 0 Å². The summed E-state index contributed by atoms with van der Waals surface area (Å²) in [6.45, 7) is 4.87. The Morgan fingerprint density at radius 3 is 2.38 bits per heavy atom. The van der Waals surface area contributed by atoms with Gasteiger partial charge in [0.15, 0.2) is 5.69 Å². The van der Waals surface area contributed by atoms with Crippen molar-refractivity contribution in [1.29, 1.82) is 0 Å². The lowest BCUT2D eigenvalue weighted by Crippen LogP contribution is -2.30. The van der Waals surface area contributed by atoms with Crippen molar-refractivity contribution in [2.45, 2.75) is 25.3 Å². The van der Waals surface area contributed by atoms with E-state index in [2.05, 4.69) is 10.6 Å². The number of benzene rings is 2. The number of carbonyl (C=O) groups is 1. The van der Waals surface area contributed by atoms with Crippen LogP contribution in [-0.4, -0.2) is 48.6 Å². The maximum Gasteiger partial charge on any atom is 0.295 e. The summed E-state index contributed by atoms with van der Waals surface area (Å²) in [6, 6.07) is 14.2. The van der Waals surface area contributed by atoms with Crippen molar-refractivity contribution < 1.29 is 18.0 Å². The largest absolute Gasteiger partial charge is 0.295 e. The normalized spacial score (nSPS) is 11.9. The molecule has 3 aromatic rings. The number of nitrogens with zero attached hydrogens (tertiary/aromatic N) is 3. The Bertz CT molecular complexity index is 1100. The molecule has 9 heteroatoms. The Hall–Kier alpha value is -2.75. The number of hydrogen-bond acceptors (Lipinski definition) is 5. The van der Waals surface area contributed by atoms with Crippen LogP contribution in [0.5, 0.6) is 0 Å². The van der Waals surface area contributed by atoms with Crippen molar-refractivity contribution in [1.82, 2.24) is 19.6 Å². The summed E-state index contributed by atoms with van der Waals surface area (Å²) in [7, 11) is -2.13. The molecule has 8 nitrogen and oxygen atoms in total. The summed E-state index contributed by atoms with van der Waals surface area (Å²) < 4.78 is 28.4. The van der Waals surface area contributed by atoms with Crippen LogP contribution in [0.15, 0.2) is 53.4 Å². The topological polar surface area (TPSA) is 93.5 Å². The number of fused-ring (bicyclic) bond motifs is 1. The Kier molecular flexibility index (Phi) is 6.31. The van der Waals surface area contributed by atoms with Crippen LogP contribution in [0.25, 0.3) is 10.9 Å². The monoisotopic (exact) mass is 416 g/mol. The lowest BCUT2D eigenvalue weighted by molar-refractivity contribution is 0.0533. The molecule has 154 valence electrons. The molecule has 0 fully saturated rings. The minimum Gasteiger partial charge on any atom is -0.277 e. The van der Waals surface area contributed by atoms with Gasteiger partial charge in [-0.05, 0) is 23.8 Å². The highest BCUT2D eigenvalue weighted by molar-refractivity contribution is 7.89. The number of aromatic nitrogens is 2. The Morgan fingerprint density at radius 2 is 1.76 bits per heavy atom. The highest BCUT2D eigenvalue weighted by atomic mass is 32.2. The molecule has 1 heterocycles. The number of amides is 1. The van der Waals surface area contributed by atoms with E-state index in [0.717, 1.165) is 11.1 Å². The van der Waals surface area contributed by atoms with E-state index >= 15 is 0 Å². The Balaban J connectivity index is 1.91. The average molecular weight is 417 g/mol. The molecule has 1 aromatic heterocycles. The van der Waals surface area contributed by atoms with E-state index in [-0.39, 0.29) is 10.6 Å². The van der Waals surface area contributed by atoms with Gasteiger partial charge in [0, 0.05) is 18.5 Å². The molecule has 0 bridgehead atoms. The molecule has 0 unspecified atom stereocenters. The summed E-state index contributed by atoms with van der Waals surface area (Å²) in [5, 5.41) is 5.14. The molecule has 0 aliphatic carbocycles. The summed E-state index contributed by atoms with van der Waals surface area (Å²) in [4.78, 5) is 17.2. The lowest BCUT2D eigenvalue weighted by atomic mass is 10.2. The minimum absolute atomic E-state index is 0.260. The molecule has 0 spiro atoms. The standard InChI is InChI=1S/C20H24N4O4S/c1-4-23(5-2)29(26,27)16-12-10-15(11-13-16)14-24-18-9-7-6-8-17(18)19(21-24)20(25)22-28-3/h6-13H,4-5,14H2,1-3H3,(H,22,25). The van der Waals surface area contributed by atoms with Crippen LogP contribution < -0.4 is 5.48 Å². The van der Waals surface area contributed by atoms with Gasteiger partial charge in [0.2, 0.25) is 10.0 Å². The van der Waals surface area contributed by atoms with E-state index in [1.807, 2.05) is 38.1 Å². The molecule has 3 rings (SSSR count). The van der Waals surface area contributed by atoms with Gasteiger partial charge in [-0.3, -0.25) is 14.3 Å². The zero-order valence-corrected chi connectivity index (χ0v) is 17.4. The fourth-order valence-electron chi connectivity index (χ4n) is 3.21. The lowest BCUT2D eigenvalue weighted by Gasteiger charge is -2.18. The van der Waals surface area contributed by atoms with Gasteiger partial charge in [-0.25, -0.2) is 13.9 Å². The zero-order valence-electron chi connectivity index (χ0n) is 16.6. The third-order valence-electron chi connectivity index (χ3n) is 4.67. The van der Waals surface area contributed by atoms with Crippen molar-refractivity contribution in [2.24, 2.45) is 0 Å². The van der Waals surface area contributed by atoms with E-state index in [4.69, 9.17) is 4.84 Å². The minimum atomic E-state index is -3.49. The number of nitrogens with one attached hydrogen (secondary N) is 1. The molecule has 0 aliphatic rings. The molecule has 0 atom stereocenters. The predicted molar refractivity (Wildman–Crippen MR) is 110 cm³/mol. The number of carbonyl (C=O) groups excluding carboxylic acids is 1. The van der Waals surface area contributed by atoms with E-state index in [9.17, 15) is 13.2 Å². The molecule has 1 N–H and O–H groups in total. The Morgan fingerprint density at radius 1 is 1.10 bits per heavy atom. The van der Waals surface area contributed by atoms with Gasteiger partial charge in [0.05, 0.1) is 24.1 Å². The van der Waals surface area contributed by atoms with Crippen LogP contribution in [0.2, 0.25) is 0 Å². The summed E-state index contributed by atoms with van der Waals surface area (Å²) in [5.41, 5.74) is 4.23. The molecule has 0 saturated heterocycles. The molecule has 0 aliphatic heterocycles. The number of sulfonamides is 1. The van der Waals surface area contributed by atoms with Gasteiger partial charge >= 0.3 is 0 Å². The predicted octanol–water partition coefficient (Wildman–Crippen LogP) is 2.41. The molecule has 0 saturated carbocycles. The van der Waals surface area contributed by atoms with Crippen LogP contribution in [0, 0.1) is 0 Å². The van der Waals surface area contributed by atoms with E-state index in [0.29, 0.717) is 25.0 Å². The van der Waals surface area contributed by atoms with Crippen LogP contribution in [0.4, 0.5) is 0 Å². The first kappa shape index (κ1) is 21.0. The summed E-state index contributed by atoms with van der Waals surface area (Å²) >= 11 is 0. The van der Waals surface area contributed by atoms with Crippen LogP contribution >= 0.6 is 0 Å². The van der Waals surface area contributed by atoms with Crippen molar-refractivity contribution in [3.05, 3.63) is 59.8 Å². The van der Waals surface area contributed by atoms with Crippen LogP contribution in [-0.2, 0) is 21.4 Å². The summed E-state index contributed by atoms with van der Waals surface area (Å²) in [5.74, 6) is -0.428. The quantitative estimate of drug-likeness (QED) is 0.569. The van der Waals surface area contributed by atoms with Crippen molar-refractivity contribution in [3.8, 4) is 0 Å². The Labute approximate surface area is 170 Å². The van der Waals surface area contributed by atoms with Crippen LogP contribution in [0.1, 0.15) is 29.9 Å². The second kappa shape index (κ2) is 8.73. The maximum absolute atomic E-state index is 12.6. The molecule has 2 aromatic carbocycles. The zero-order chi connectivity index (χ0) is 21.0. The summed E-state index contributed by atoms with van der Waals surface area (Å²) in [6.07, 6.45) is 0. The van der Waals surface area contributed by atoms with Crippen molar-refractivity contribution in [3.63, 3.8) is 0 Å². The van der Waals surface area contributed by atoms with Gasteiger partial charge < -0.3 is 0 Å². The molecule has 0 radical (unpaired) electrons. The van der Waals surface area contributed by atoms with E-state index in [1.165, 1.54) is 11.4 Å². The highest BCUT2D eigenvalue weighted by Crippen LogP contribution is 2.21. The number of rotatable bonds is 8. The highest BCUT2D eigenvalue weighted by Gasteiger charge is 2.21. The second-order valence-corrected chi connectivity index (χ2v) is 8.33. The first-order valence-electron chi connectivity index (χ1n) is 9.30. The fourth-order valence-corrected chi connectivity index (χ4v) is 4.67. The SMILES string of the molecule is CCN(CC)S(=O)(=O)c1ccc(Cn2nc(C(=O)NOC)c3ccccc32)cc1. The fraction of sp³-hybridized carbons (Fsp3) is 0.300. The van der Waals surface area contributed by atoms with E-state index < -0.39 is 15.9 Å². The van der Waals surface area contributed by atoms with Crippen molar-refractivity contribution >= 4 is 26.8 Å². The van der Waals surface area contributed by atoms with Gasteiger partial charge in [0.25, 0.3) is 5.91 Å². The first-order chi connectivity index (χ1) is 13.9. The number of hydroxylamine groups is 1. The first-order valence-corrected chi connectivity index (χ1v) is 10.7. The van der Waals surface area contributed by atoms with Gasteiger partial charge in [-0.2, -0.15) is 9.40 Å². The third kappa shape index (κ3) is 4.16. The number of para-hydroxylation sites is 1. The average Bonchev–Trinajstić information content (AvgIpc) is 3.08. The second-order valence-electron chi connectivity index (χ2n) is 6.39. The van der Waals surface area contributed by atoms with Gasteiger partial charge in [-0.15, -0.1) is 0 Å². The van der Waals surface area contributed by atoms with Crippen molar-refractivity contribution in [2.75, 3.05) is 20.2 Å². The molecule has 29 heavy (non-hydrogen) atoms. The van der Waals surface area contributed by atoms with Gasteiger partial charge in [-0.1, -0.05) is 44.2 Å². The smallest absolute Gasteiger partial charge is 0.277 e. The molecule has 1 amide bonds.